The van der Waals surface area contributed by atoms with Gasteiger partial charge >= 0.3 is 6.01 Å². The molecule has 2 aromatic rings. The Morgan fingerprint density at radius 1 is 1.17 bits per heavy atom. The van der Waals surface area contributed by atoms with Crippen LogP contribution >= 0.6 is 0 Å². The van der Waals surface area contributed by atoms with Gasteiger partial charge in [-0.2, -0.15) is 15.0 Å². The minimum Gasteiger partial charge on any atom is -0.464 e. The Bertz CT molecular complexity index is 503. The van der Waals surface area contributed by atoms with Crippen LogP contribution in [-0.4, -0.2) is 33.6 Å². The molecule has 6 nitrogen and oxygen atoms in total. The van der Waals surface area contributed by atoms with E-state index in [1.54, 1.807) is 19.4 Å². The van der Waals surface area contributed by atoms with Gasteiger partial charge in [-0.25, -0.2) is 0 Å². The fourth-order valence-electron chi connectivity index (χ4n) is 1.47. The predicted octanol–water partition coefficient (Wildman–Crippen LogP) is 1.30. The van der Waals surface area contributed by atoms with Crippen molar-refractivity contribution < 1.29 is 4.74 Å². The lowest BCUT2D eigenvalue weighted by molar-refractivity contribution is 0.310. The highest BCUT2D eigenvalue weighted by Gasteiger charge is 2.07. The molecule has 0 spiro atoms. The van der Waals surface area contributed by atoms with Crippen LogP contribution < -0.4 is 10.1 Å². The van der Waals surface area contributed by atoms with E-state index < -0.39 is 0 Å². The fraction of sp³-hybridized carbons (Fsp3) is 0.333. The Morgan fingerprint density at radius 3 is 2.61 bits per heavy atom. The van der Waals surface area contributed by atoms with Crippen molar-refractivity contribution in [3.8, 4) is 6.01 Å². The van der Waals surface area contributed by atoms with Crippen LogP contribution in [0.1, 0.15) is 18.3 Å². The van der Waals surface area contributed by atoms with Crippen LogP contribution in [0.3, 0.4) is 0 Å². The van der Waals surface area contributed by atoms with E-state index in [4.69, 9.17) is 4.74 Å². The third-order valence-corrected chi connectivity index (χ3v) is 2.27. The van der Waals surface area contributed by atoms with Crippen molar-refractivity contribution in [1.29, 1.82) is 0 Å². The number of nitrogens with one attached hydrogen (secondary N) is 1. The van der Waals surface area contributed by atoms with E-state index in [2.05, 4.69) is 25.3 Å². The first-order valence-corrected chi connectivity index (χ1v) is 5.76. The molecule has 6 heteroatoms. The van der Waals surface area contributed by atoms with E-state index in [0.717, 1.165) is 5.56 Å². The third kappa shape index (κ3) is 3.13. The Kier molecular flexibility index (Phi) is 4.01. The average molecular weight is 245 g/mol. The monoisotopic (exact) mass is 245 g/mol. The van der Waals surface area contributed by atoms with E-state index in [-0.39, 0.29) is 0 Å². The van der Waals surface area contributed by atoms with Crippen molar-refractivity contribution in [3.05, 3.63) is 35.9 Å². The summed E-state index contributed by atoms with van der Waals surface area (Å²) in [4.78, 5) is 16.7. The summed E-state index contributed by atoms with van der Waals surface area (Å²) < 4.78 is 5.31. The summed E-state index contributed by atoms with van der Waals surface area (Å²) in [6.45, 7) is 2.42. The molecule has 2 heterocycles. The zero-order valence-electron chi connectivity index (χ0n) is 10.4. The number of nitrogens with zero attached hydrogens (tertiary/aromatic N) is 4. The third-order valence-electron chi connectivity index (χ3n) is 2.27. The summed E-state index contributed by atoms with van der Waals surface area (Å²) in [5, 5.41) is 2.90. The first-order valence-electron chi connectivity index (χ1n) is 5.76. The second-order valence-corrected chi connectivity index (χ2v) is 3.57. The summed E-state index contributed by atoms with van der Waals surface area (Å²) in [6.07, 6.45) is 4.12. The van der Waals surface area contributed by atoms with Crippen molar-refractivity contribution in [1.82, 2.24) is 19.9 Å². The number of anilines is 1. The average Bonchev–Trinajstić information content (AvgIpc) is 2.40. The Labute approximate surface area is 105 Å². The zero-order chi connectivity index (χ0) is 12.8. The van der Waals surface area contributed by atoms with Crippen LogP contribution in [-0.2, 0) is 6.42 Å². The molecule has 0 fully saturated rings. The lowest BCUT2D eigenvalue weighted by atomic mass is 10.2. The van der Waals surface area contributed by atoms with Crippen LogP contribution in [0.2, 0.25) is 0 Å². The molecule has 0 bridgehead atoms. The van der Waals surface area contributed by atoms with Crippen molar-refractivity contribution >= 4 is 5.95 Å². The van der Waals surface area contributed by atoms with Crippen molar-refractivity contribution in [2.24, 2.45) is 0 Å². The number of pyridine rings is 1. The van der Waals surface area contributed by atoms with Gasteiger partial charge in [-0.05, 0) is 24.6 Å². The molecule has 0 aromatic carbocycles. The Balaban J connectivity index is 2.24. The number of hydrogen-bond donors (Lipinski definition) is 1. The molecule has 0 aliphatic carbocycles. The maximum absolute atomic E-state index is 5.31. The summed E-state index contributed by atoms with van der Waals surface area (Å²) >= 11 is 0. The predicted molar refractivity (Wildman–Crippen MR) is 67.6 cm³/mol. The lowest BCUT2D eigenvalue weighted by Crippen LogP contribution is -2.07. The molecule has 0 atom stereocenters. The molecular formula is C12H15N5O. The van der Waals surface area contributed by atoms with E-state index in [9.17, 15) is 0 Å². The van der Waals surface area contributed by atoms with Gasteiger partial charge in [0.15, 0.2) is 0 Å². The minimum absolute atomic E-state index is 0.348. The normalized spacial score (nSPS) is 10.1. The van der Waals surface area contributed by atoms with Crippen molar-refractivity contribution in [3.63, 3.8) is 0 Å². The molecule has 1 N–H and O–H groups in total. The standard InChI is InChI=1S/C12H15N5O/c1-3-18-12-16-10(15-11(13-2)17-12)8-9-4-6-14-7-5-9/h4-7H,3,8H2,1-2H3,(H,13,15,16,17). The Morgan fingerprint density at radius 2 is 1.94 bits per heavy atom. The molecule has 18 heavy (non-hydrogen) atoms. The summed E-state index contributed by atoms with van der Waals surface area (Å²) in [5.74, 6) is 1.18. The lowest BCUT2D eigenvalue weighted by Gasteiger charge is -2.06. The minimum atomic E-state index is 0.348. The molecule has 0 saturated heterocycles. The van der Waals surface area contributed by atoms with E-state index in [1.807, 2.05) is 19.1 Å². The van der Waals surface area contributed by atoms with Crippen LogP contribution in [0.5, 0.6) is 6.01 Å². The number of hydrogen-bond acceptors (Lipinski definition) is 6. The zero-order valence-corrected chi connectivity index (χ0v) is 10.4. The summed E-state index contributed by atoms with van der Waals surface area (Å²) in [5.41, 5.74) is 1.10. The van der Waals surface area contributed by atoms with Gasteiger partial charge in [0.05, 0.1) is 6.61 Å². The summed E-state index contributed by atoms with van der Waals surface area (Å²) in [6, 6.07) is 4.22. The highest BCUT2D eigenvalue weighted by Crippen LogP contribution is 2.10. The molecule has 0 aliphatic rings. The number of ether oxygens (including phenoxy) is 1. The van der Waals surface area contributed by atoms with Crippen LogP contribution in [0.15, 0.2) is 24.5 Å². The molecule has 2 rings (SSSR count). The van der Waals surface area contributed by atoms with Gasteiger partial charge in [-0.1, -0.05) is 0 Å². The molecular weight excluding hydrogens is 230 g/mol. The molecule has 0 radical (unpaired) electrons. The second kappa shape index (κ2) is 5.90. The molecule has 0 unspecified atom stereocenters. The number of aromatic nitrogens is 4. The van der Waals surface area contributed by atoms with Gasteiger partial charge in [0.1, 0.15) is 5.82 Å². The maximum Gasteiger partial charge on any atom is 0.321 e. The fourth-order valence-corrected chi connectivity index (χ4v) is 1.47. The van der Waals surface area contributed by atoms with Crippen molar-refractivity contribution in [2.75, 3.05) is 19.0 Å². The van der Waals surface area contributed by atoms with Gasteiger partial charge in [0, 0.05) is 25.9 Å². The van der Waals surface area contributed by atoms with Crippen LogP contribution in [0, 0.1) is 0 Å². The van der Waals surface area contributed by atoms with Crippen LogP contribution in [0.25, 0.3) is 0 Å². The van der Waals surface area contributed by atoms with E-state index >= 15 is 0 Å². The highest BCUT2D eigenvalue weighted by molar-refractivity contribution is 5.26. The number of rotatable bonds is 5. The van der Waals surface area contributed by atoms with Crippen LogP contribution in [0.4, 0.5) is 5.95 Å². The quantitative estimate of drug-likeness (QED) is 0.856. The van der Waals surface area contributed by atoms with E-state index in [1.165, 1.54) is 0 Å². The molecule has 0 saturated carbocycles. The molecule has 0 amide bonds. The summed E-state index contributed by atoms with van der Waals surface area (Å²) in [7, 11) is 1.77. The smallest absolute Gasteiger partial charge is 0.321 e. The van der Waals surface area contributed by atoms with E-state index in [0.29, 0.717) is 30.8 Å². The molecule has 2 aromatic heterocycles. The molecule has 0 aliphatic heterocycles. The first-order chi connectivity index (χ1) is 8.81. The van der Waals surface area contributed by atoms with Gasteiger partial charge in [-0.3, -0.25) is 4.98 Å². The first kappa shape index (κ1) is 12.2. The highest BCUT2D eigenvalue weighted by atomic mass is 16.5. The van der Waals surface area contributed by atoms with Crippen molar-refractivity contribution in [2.45, 2.75) is 13.3 Å². The largest absolute Gasteiger partial charge is 0.464 e. The Hall–Kier alpha value is -2.24. The second-order valence-electron chi connectivity index (χ2n) is 3.57. The van der Waals surface area contributed by atoms with Gasteiger partial charge < -0.3 is 10.1 Å². The van der Waals surface area contributed by atoms with Gasteiger partial charge in [0.2, 0.25) is 5.95 Å². The maximum atomic E-state index is 5.31. The van der Waals surface area contributed by atoms with Gasteiger partial charge in [0.25, 0.3) is 0 Å². The molecule has 94 valence electrons. The SMILES string of the molecule is CCOc1nc(Cc2ccncc2)nc(NC)n1. The topological polar surface area (TPSA) is 72.8 Å². The van der Waals surface area contributed by atoms with Gasteiger partial charge in [-0.15, -0.1) is 0 Å².